The molecule has 2 rings (SSSR count). The number of para-hydroxylation sites is 1. The summed E-state index contributed by atoms with van der Waals surface area (Å²) < 4.78 is 22.9. The minimum Gasteiger partial charge on any atom is -0.488 e. The van der Waals surface area contributed by atoms with Crippen LogP contribution in [0.5, 0.6) is 5.75 Å². The van der Waals surface area contributed by atoms with Crippen molar-refractivity contribution in [3.63, 3.8) is 0 Å². The highest BCUT2D eigenvalue weighted by Crippen LogP contribution is 2.40. The summed E-state index contributed by atoms with van der Waals surface area (Å²) in [6, 6.07) is 7.41. The van der Waals surface area contributed by atoms with E-state index in [2.05, 4.69) is 5.32 Å². The molecule has 1 atom stereocenters. The van der Waals surface area contributed by atoms with Crippen molar-refractivity contribution >= 4 is 6.09 Å². The van der Waals surface area contributed by atoms with Gasteiger partial charge < -0.3 is 29.4 Å². The summed E-state index contributed by atoms with van der Waals surface area (Å²) in [5, 5.41) is 12.0. The molecule has 1 aromatic rings. The Morgan fingerprint density at radius 3 is 2.58 bits per heavy atom. The topological polar surface area (TPSA) is 86.3 Å². The lowest BCUT2D eigenvalue weighted by atomic mass is 10.0. The van der Waals surface area contributed by atoms with Crippen molar-refractivity contribution in [2.45, 2.75) is 51.6 Å². The standard InChI is InChI=1S/C19H29NO6/c1-14(13-21)25-16-8-6-5-7-15(16)19(23-11-12-24-19)9-10-20-17(22)26-18(2,3)4/h5-8,14,21H,9-13H2,1-4H3,(H,20,22). The van der Waals surface area contributed by atoms with E-state index in [4.69, 9.17) is 18.9 Å². The van der Waals surface area contributed by atoms with E-state index in [0.29, 0.717) is 31.9 Å². The summed E-state index contributed by atoms with van der Waals surface area (Å²) in [5.41, 5.74) is 0.187. The van der Waals surface area contributed by atoms with Crippen LogP contribution in [0.2, 0.25) is 0 Å². The monoisotopic (exact) mass is 367 g/mol. The quantitative estimate of drug-likeness (QED) is 0.770. The van der Waals surface area contributed by atoms with Crippen LogP contribution in [0.1, 0.15) is 39.7 Å². The third kappa shape index (κ3) is 5.59. The Morgan fingerprint density at radius 2 is 1.96 bits per heavy atom. The number of rotatable bonds is 7. The van der Waals surface area contributed by atoms with E-state index in [1.165, 1.54) is 0 Å². The van der Waals surface area contributed by atoms with E-state index < -0.39 is 17.5 Å². The van der Waals surface area contributed by atoms with E-state index in [9.17, 15) is 9.90 Å². The predicted molar refractivity (Wildman–Crippen MR) is 96.1 cm³/mol. The summed E-state index contributed by atoms with van der Waals surface area (Å²) in [7, 11) is 0. The number of carbonyl (C=O) groups is 1. The van der Waals surface area contributed by atoms with Crippen LogP contribution in [-0.2, 0) is 20.0 Å². The van der Waals surface area contributed by atoms with Crippen LogP contribution < -0.4 is 10.1 Å². The molecule has 1 fully saturated rings. The number of aliphatic hydroxyl groups is 1. The highest BCUT2D eigenvalue weighted by atomic mass is 16.7. The molecule has 0 bridgehead atoms. The van der Waals surface area contributed by atoms with Gasteiger partial charge in [-0.2, -0.15) is 0 Å². The maximum absolute atomic E-state index is 11.9. The molecule has 146 valence electrons. The van der Waals surface area contributed by atoms with Crippen molar-refractivity contribution in [3.8, 4) is 5.75 Å². The number of carbonyl (C=O) groups excluding carboxylic acids is 1. The Labute approximate surface area is 154 Å². The van der Waals surface area contributed by atoms with E-state index in [0.717, 1.165) is 5.56 Å². The zero-order chi connectivity index (χ0) is 19.2. The normalized spacial score (nSPS) is 17.6. The van der Waals surface area contributed by atoms with Crippen molar-refractivity contribution in [3.05, 3.63) is 29.8 Å². The number of benzene rings is 1. The average molecular weight is 367 g/mol. The summed E-state index contributed by atoms with van der Waals surface area (Å²) in [6.45, 7) is 8.35. The molecule has 1 amide bonds. The van der Waals surface area contributed by atoms with Gasteiger partial charge in [0, 0.05) is 13.0 Å². The lowest BCUT2D eigenvalue weighted by Gasteiger charge is -2.30. The molecule has 1 aliphatic rings. The first-order chi connectivity index (χ1) is 12.3. The Balaban J connectivity index is 2.09. The molecule has 1 aromatic carbocycles. The minimum absolute atomic E-state index is 0.0940. The van der Waals surface area contributed by atoms with Gasteiger partial charge >= 0.3 is 6.09 Å². The molecule has 26 heavy (non-hydrogen) atoms. The van der Waals surface area contributed by atoms with Crippen LogP contribution in [0.25, 0.3) is 0 Å². The van der Waals surface area contributed by atoms with Crippen LogP contribution in [-0.4, -0.2) is 49.3 Å². The van der Waals surface area contributed by atoms with Gasteiger partial charge in [0.15, 0.2) is 5.79 Å². The fourth-order valence-corrected chi connectivity index (χ4v) is 2.67. The van der Waals surface area contributed by atoms with Gasteiger partial charge in [0.1, 0.15) is 17.5 Å². The van der Waals surface area contributed by atoms with Gasteiger partial charge in [-0.05, 0) is 39.8 Å². The number of aliphatic hydroxyl groups excluding tert-OH is 1. The molecule has 1 aliphatic heterocycles. The van der Waals surface area contributed by atoms with E-state index >= 15 is 0 Å². The molecule has 7 nitrogen and oxygen atoms in total. The minimum atomic E-state index is -0.999. The SMILES string of the molecule is CC(CO)Oc1ccccc1C1(CCNC(=O)OC(C)(C)C)OCCO1. The Bertz CT molecular complexity index is 592. The van der Waals surface area contributed by atoms with Crippen LogP contribution in [0.3, 0.4) is 0 Å². The Morgan fingerprint density at radius 1 is 1.31 bits per heavy atom. The lowest BCUT2D eigenvalue weighted by Crippen LogP contribution is -2.37. The maximum Gasteiger partial charge on any atom is 0.407 e. The van der Waals surface area contributed by atoms with Gasteiger partial charge in [-0.25, -0.2) is 4.79 Å². The van der Waals surface area contributed by atoms with Crippen molar-refractivity contribution in [2.24, 2.45) is 0 Å². The first-order valence-electron chi connectivity index (χ1n) is 8.87. The highest BCUT2D eigenvalue weighted by molar-refractivity contribution is 5.67. The first-order valence-corrected chi connectivity index (χ1v) is 8.87. The van der Waals surface area contributed by atoms with Gasteiger partial charge in [-0.1, -0.05) is 12.1 Å². The van der Waals surface area contributed by atoms with Crippen LogP contribution in [0, 0.1) is 0 Å². The van der Waals surface area contributed by atoms with Gasteiger partial charge in [-0.15, -0.1) is 0 Å². The summed E-state index contributed by atoms with van der Waals surface area (Å²) in [5.74, 6) is -0.408. The fraction of sp³-hybridized carbons (Fsp3) is 0.632. The molecule has 1 heterocycles. The third-order valence-corrected chi connectivity index (χ3v) is 3.76. The number of alkyl carbamates (subject to hydrolysis) is 1. The van der Waals surface area contributed by atoms with E-state index in [-0.39, 0.29) is 12.7 Å². The van der Waals surface area contributed by atoms with Crippen LogP contribution >= 0.6 is 0 Å². The number of hydrogen-bond acceptors (Lipinski definition) is 6. The Hall–Kier alpha value is -1.83. The summed E-state index contributed by atoms with van der Waals surface area (Å²) >= 11 is 0. The molecule has 0 aromatic heterocycles. The number of amides is 1. The smallest absolute Gasteiger partial charge is 0.407 e. The van der Waals surface area contributed by atoms with Crippen molar-refractivity contribution in [1.82, 2.24) is 5.32 Å². The van der Waals surface area contributed by atoms with Gasteiger partial charge in [0.05, 0.1) is 25.4 Å². The third-order valence-electron chi connectivity index (χ3n) is 3.76. The van der Waals surface area contributed by atoms with Crippen molar-refractivity contribution in [2.75, 3.05) is 26.4 Å². The van der Waals surface area contributed by atoms with Crippen LogP contribution in [0.15, 0.2) is 24.3 Å². The number of hydrogen-bond donors (Lipinski definition) is 2. The Kier molecular flexibility index (Phi) is 6.86. The molecule has 1 unspecified atom stereocenters. The molecule has 7 heteroatoms. The van der Waals surface area contributed by atoms with Crippen molar-refractivity contribution < 1.29 is 28.8 Å². The molecule has 2 N–H and O–H groups in total. The summed E-state index contributed by atoms with van der Waals surface area (Å²) in [4.78, 5) is 11.9. The van der Waals surface area contributed by atoms with Crippen LogP contribution in [0.4, 0.5) is 4.79 Å². The largest absolute Gasteiger partial charge is 0.488 e. The molecular formula is C19H29NO6. The summed E-state index contributed by atoms with van der Waals surface area (Å²) in [6.07, 6.45) is -0.432. The molecule has 1 saturated heterocycles. The number of ether oxygens (including phenoxy) is 4. The molecule has 0 aliphatic carbocycles. The molecule has 0 radical (unpaired) electrons. The molecule has 0 saturated carbocycles. The predicted octanol–water partition coefficient (Wildman–Crippen LogP) is 2.56. The van der Waals surface area contributed by atoms with Gasteiger partial charge in [-0.3, -0.25) is 0 Å². The number of nitrogens with one attached hydrogen (secondary N) is 1. The second-order valence-corrected chi connectivity index (χ2v) is 7.24. The second-order valence-electron chi connectivity index (χ2n) is 7.24. The fourth-order valence-electron chi connectivity index (χ4n) is 2.67. The highest BCUT2D eigenvalue weighted by Gasteiger charge is 2.40. The average Bonchev–Trinajstić information content (AvgIpc) is 3.03. The van der Waals surface area contributed by atoms with Gasteiger partial charge in [0.25, 0.3) is 0 Å². The van der Waals surface area contributed by atoms with E-state index in [1.807, 2.05) is 45.0 Å². The zero-order valence-electron chi connectivity index (χ0n) is 15.9. The van der Waals surface area contributed by atoms with Gasteiger partial charge in [0.2, 0.25) is 0 Å². The second kappa shape index (κ2) is 8.70. The zero-order valence-corrected chi connectivity index (χ0v) is 15.9. The van der Waals surface area contributed by atoms with E-state index in [1.54, 1.807) is 6.92 Å². The maximum atomic E-state index is 11.9. The van der Waals surface area contributed by atoms with Crippen molar-refractivity contribution in [1.29, 1.82) is 0 Å². The molecule has 0 spiro atoms. The molecular weight excluding hydrogens is 338 g/mol. The first kappa shape index (κ1) is 20.5. The lowest BCUT2D eigenvalue weighted by molar-refractivity contribution is -0.171.